The van der Waals surface area contributed by atoms with Crippen LogP contribution in [0.15, 0.2) is 24.3 Å². The molecule has 1 unspecified atom stereocenters. The summed E-state index contributed by atoms with van der Waals surface area (Å²) in [5.41, 5.74) is 2.77. The number of nitrogens with zero attached hydrogens (tertiary/aromatic N) is 1. The van der Waals surface area contributed by atoms with E-state index in [1.54, 1.807) is 38.3 Å². The Morgan fingerprint density at radius 3 is 2.21 bits per heavy atom. The normalized spacial score (nSPS) is 16.6. The number of carbonyl (C=O) groups is 1. The van der Waals surface area contributed by atoms with E-state index in [2.05, 4.69) is 0 Å². The van der Waals surface area contributed by atoms with Crippen molar-refractivity contribution in [1.82, 2.24) is 4.90 Å². The first-order chi connectivity index (χ1) is 13.9. The minimum absolute atomic E-state index is 0.174. The number of ether oxygens (including phenoxy) is 4. The molecule has 2 aromatic rings. The van der Waals surface area contributed by atoms with Crippen LogP contribution in [0.3, 0.4) is 0 Å². The first kappa shape index (κ1) is 20.8. The van der Waals surface area contributed by atoms with Crippen molar-refractivity contribution >= 4 is 5.91 Å². The van der Waals surface area contributed by atoms with E-state index in [9.17, 15) is 9.90 Å². The van der Waals surface area contributed by atoms with E-state index in [0.717, 1.165) is 11.1 Å². The minimum atomic E-state index is -0.821. The Morgan fingerprint density at radius 2 is 1.59 bits per heavy atom. The molecular formula is C22H27NO6. The molecule has 2 aromatic carbocycles. The Labute approximate surface area is 170 Å². The molecule has 7 heteroatoms. The molecule has 156 valence electrons. The number of hydrogen-bond donors (Lipinski definition) is 1. The first-order valence-corrected chi connectivity index (χ1v) is 9.37. The fourth-order valence-corrected chi connectivity index (χ4v) is 3.73. The van der Waals surface area contributed by atoms with Crippen LogP contribution in [-0.2, 0) is 12.8 Å². The van der Waals surface area contributed by atoms with Crippen molar-refractivity contribution in [2.45, 2.75) is 18.9 Å². The lowest BCUT2D eigenvalue weighted by Crippen LogP contribution is -2.31. The SMILES string of the molecule is COc1cc2c(cc1OC)C(O)Cc1ccc(OC)c(OC)c1C(=O)N(C)CC2. The van der Waals surface area contributed by atoms with Crippen molar-refractivity contribution in [2.24, 2.45) is 0 Å². The van der Waals surface area contributed by atoms with Gasteiger partial charge in [0.25, 0.3) is 5.91 Å². The Morgan fingerprint density at radius 1 is 0.931 bits per heavy atom. The van der Waals surface area contributed by atoms with Crippen LogP contribution in [0.4, 0.5) is 0 Å². The number of carbonyl (C=O) groups excluding carboxylic acids is 1. The van der Waals surface area contributed by atoms with Crippen LogP contribution in [0.5, 0.6) is 23.0 Å². The van der Waals surface area contributed by atoms with E-state index in [0.29, 0.717) is 47.1 Å². The lowest BCUT2D eigenvalue weighted by molar-refractivity contribution is 0.0788. The Bertz CT molecular complexity index is 911. The molecule has 1 aliphatic rings. The van der Waals surface area contributed by atoms with Gasteiger partial charge in [-0.2, -0.15) is 0 Å². The Hall–Kier alpha value is -2.93. The van der Waals surface area contributed by atoms with E-state index in [1.807, 2.05) is 12.1 Å². The molecule has 0 saturated heterocycles. The summed E-state index contributed by atoms with van der Waals surface area (Å²) < 4.78 is 21.7. The number of methoxy groups -OCH3 is 4. The first-order valence-electron chi connectivity index (χ1n) is 9.37. The fraction of sp³-hybridized carbons (Fsp3) is 0.409. The molecule has 0 fully saturated rings. The molecule has 0 bridgehead atoms. The zero-order valence-electron chi connectivity index (χ0n) is 17.4. The third kappa shape index (κ3) is 3.82. The van der Waals surface area contributed by atoms with Crippen molar-refractivity contribution in [3.63, 3.8) is 0 Å². The molecule has 7 nitrogen and oxygen atoms in total. The number of benzene rings is 2. The van der Waals surface area contributed by atoms with E-state index >= 15 is 0 Å². The van der Waals surface area contributed by atoms with Crippen LogP contribution in [0.1, 0.15) is 33.2 Å². The van der Waals surface area contributed by atoms with Crippen LogP contribution < -0.4 is 18.9 Å². The predicted molar refractivity (Wildman–Crippen MR) is 108 cm³/mol. The van der Waals surface area contributed by atoms with Crippen LogP contribution in [-0.4, -0.2) is 57.9 Å². The molecule has 3 rings (SSSR count). The second kappa shape index (κ2) is 8.61. The van der Waals surface area contributed by atoms with E-state index < -0.39 is 6.10 Å². The maximum atomic E-state index is 13.2. The summed E-state index contributed by atoms with van der Waals surface area (Å²) in [5, 5.41) is 11.1. The van der Waals surface area contributed by atoms with E-state index in [4.69, 9.17) is 18.9 Å². The predicted octanol–water partition coefficient (Wildman–Crippen LogP) is 2.63. The zero-order chi connectivity index (χ0) is 21.1. The summed E-state index contributed by atoms with van der Waals surface area (Å²) >= 11 is 0. The molecule has 0 saturated carbocycles. The highest BCUT2D eigenvalue weighted by molar-refractivity contribution is 5.99. The summed E-state index contributed by atoms with van der Waals surface area (Å²) in [6.07, 6.45) is -0.00758. The Kier molecular flexibility index (Phi) is 6.17. The highest BCUT2D eigenvalue weighted by Crippen LogP contribution is 2.39. The minimum Gasteiger partial charge on any atom is -0.493 e. The number of likely N-dealkylation sites (N-methyl/N-ethyl adjacent to an activating group) is 1. The molecular weight excluding hydrogens is 374 g/mol. The number of hydrogen-bond acceptors (Lipinski definition) is 6. The van der Waals surface area contributed by atoms with Crippen molar-refractivity contribution in [3.05, 3.63) is 46.5 Å². The van der Waals surface area contributed by atoms with E-state index in [-0.39, 0.29) is 12.3 Å². The number of aliphatic hydroxyl groups excluding tert-OH is 1. The summed E-state index contributed by atoms with van der Waals surface area (Å²) in [4.78, 5) is 14.9. The number of aliphatic hydroxyl groups is 1. The molecule has 1 N–H and O–H groups in total. The van der Waals surface area contributed by atoms with Gasteiger partial charge in [-0.1, -0.05) is 6.07 Å². The molecule has 1 atom stereocenters. The van der Waals surface area contributed by atoms with Gasteiger partial charge in [0.1, 0.15) is 0 Å². The largest absolute Gasteiger partial charge is 0.493 e. The van der Waals surface area contributed by atoms with Gasteiger partial charge in [-0.15, -0.1) is 0 Å². The second-order valence-corrected chi connectivity index (χ2v) is 6.94. The molecule has 1 heterocycles. The maximum absolute atomic E-state index is 13.2. The van der Waals surface area contributed by atoms with Gasteiger partial charge in [0.15, 0.2) is 23.0 Å². The van der Waals surface area contributed by atoms with Gasteiger partial charge in [-0.3, -0.25) is 4.79 Å². The van der Waals surface area contributed by atoms with Crippen LogP contribution in [0.2, 0.25) is 0 Å². The summed E-state index contributed by atoms with van der Waals surface area (Å²) in [7, 11) is 7.93. The quantitative estimate of drug-likeness (QED) is 0.849. The monoisotopic (exact) mass is 401 g/mol. The van der Waals surface area contributed by atoms with E-state index in [1.165, 1.54) is 14.2 Å². The van der Waals surface area contributed by atoms with Gasteiger partial charge in [0, 0.05) is 20.0 Å². The van der Waals surface area contributed by atoms with Gasteiger partial charge in [0.2, 0.25) is 0 Å². The van der Waals surface area contributed by atoms with Crippen LogP contribution >= 0.6 is 0 Å². The number of rotatable bonds is 4. The number of amides is 1. The van der Waals surface area contributed by atoms with Gasteiger partial charge in [-0.05, 0) is 41.3 Å². The third-order valence-corrected chi connectivity index (χ3v) is 5.33. The molecule has 0 aliphatic carbocycles. The fourth-order valence-electron chi connectivity index (χ4n) is 3.73. The molecule has 29 heavy (non-hydrogen) atoms. The average Bonchev–Trinajstić information content (AvgIpc) is 2.74. The molecule has 1 amide bonds. The standard InChI is InChI=1S/C22H27NO6/c1-23-9-8-13-11-18(27-3)19(28-4)12-15(13)16(24)10-14-6-7-17(26-2)21(29-5)20(14)22(23)25/h6-7,11-12,16,24H,8-10H2,1-5H3. The molecule has 0 aromatic heterocycles. The van der Waals surface area contributed by atoms with Crippen molar-refractivity contribution in [3.8, 4) is 23.0 Å². The second-order valence-electron chi connectivity index (χ2n) is 6.94. The number of fused-ring (bicyclic) bond motifs is 2. The highest BCUT2D eigenvalue weighted by Gasteiger charge is 2.28. The molecule has 0 radical (unpaired) electrons. The smallest absolute Gasteiger partial charge is 0.257 e. The molecule has 1 aliphatic heterocycles. The third-order valence-electron chi connectivity index (χ3n) is 5.33. The van der Waals surface area contributed by atoms with Crippen molar-refractivity contribution < 1.29 is 28.8 Å². The van der Waals surface area contributed by atoms with Gasteiger partial charge in [-0.25, -0.2) is 0 Å². The van der Waals surface area contributed by atoms with Gasteiger partial charge >= 0.3 is 0 Å². The summed E-state index contributed by atoms with van der Waals surface area (Å²) in [5.74, 6) is 1.83. The lowest BCUT2D eigenvalue weighted by Gasteiger charge is -2.26. The van der Waals surface area contributed by atoms with Gasteiger partial charge in [0.05, 0.1) is 40.1 Å². The van der Waals surface area contributed by atoms with Crippen LogP contribution in [0.25, 0.3) is 0 Å². The van der Waals surface area contributed by atoms with Crippen molar-refractivity contribution in [1.29, 1.82) is 0 Å². The summed E-state index contributed by atoms with van der Waals surface area (Å²) in [6, 6.07) is 7.22. The maximum Gasteiger partial charge on any atom is 0.257 e. The summed E-state index contributed by atoms with van der Waals surface area (Å²) in [6.45, 7) is 0.466. The Balaban J connectivity index is 2.17. The lowest BCUT2D eigenvalue weighted by atomic mass is 9.91. The van der Waals surface area contributed by atoms with Crippen molar-refractivity contribution in [2.75, 3.05) is 42.0 Å². The highest BCUT2D eigenvalue weighted by atomic mass is 16.5. The molecule has 0 spiro atoms. The average molecular weight is 401 g/mol. The zero-order valence-corrected chi connectivity index (χ0v) is 17.4. The van der Waals surface area contributed by atoms with Gasteiger partial charge < -0.3 is 29.0 Å². The van der Waals surface area contributed by atoms with Crippen LogP contribution in [0, 0.1) is 0 Å². The topological polar surface area (TPSA) is 77.5 Å².